The first-order valence-electron chi connectivity index (χ1n) is 6.97. The Kier molecular flexibility index (Phi) is 3.88. The smallest absolute Gasteiger partial charge is 0.146 e. The van der Waals surface area contributed by atoms with Gasteiger partial charge in [-0.1, -0.05) is 25.1 Å². The first-order valence-corrected chi connectivity index (χ1v) is 6.97. The monoisotopic (exact) mass is 281 g/mol. The Bertz CT molecular complexity index is 752. The summed E-state index contributed by atoms with van der Waals surface area (Å²) >= 11 is 0. The number of benzene rings is 1. The van der Waals surface area contributed by atoms with Crippen molar-refractivity contribution in [3.05, 3.63) is 71.9 Å². The third kappa shape index (κ3) is 2.62. The number of hydrogen-bond acceptors (Lipinski definition) is 3. The minimum absolute atomic E-state index is 0.217. The van der Waals surface area contributed by atoms with E-state index in [2.05, 4.69) is 15.3 Å². The number of aromatic nitrogens is 2. The molecule has 0 aliphatic rings. The van der Waals surface area contributed by atoms with E-state index in [1.165, 1.54) is 6.20 Å². The Morgan fingerprint density at radius 1 is 1.10 bits per heavy atom. The minimum Gasteiger partial charge on any atom is -0.306 e. The van der Waals surface area contributed by atoms with Crippen LogP contribution in [0.5, 0.6) is 0 Å². The molecule has 0 saturated heterocycles. The Hall–Kier alpha value is -2.33. The largest absolute Gasteiger partial charge is 0.306 e. The van der Waals surface area contributed by atoms with Crippen LogP contribution in [0.2, 0.25) is 0 Å². The summed E-state index contributed by atoms with van der Waals surface area (Å²) in [7, 11) is 0. The fraction of sp³-hybridized carbons (Fsp3) is 0.176. The summed E-state index contributed by atoms with van der Waals surface area (Å²) in [5.74, 6) is -0.302. The topological polar surface area (TPSA) is 37.8 Å². The molecule has 4 heteroatoms. The molecule has 1 N–H and O–H groups in total. The first-order chi connectivity index (χ1) is 10.3. The van der Waals surface area contributed by atoms with Gasteiger partial charge in [-0.05, 0) is 30.3 Å². The standard InChI is InChI=1S/C17H16FN3/c1-2-20-17(14-7-9-19-11-15(14)18)13-8-10-21-16-6-4-3-5-12(13)16/h3-11,17,20H,2H2,1H3. The van der Waals surface area contributed by atoms with Gasteiger partial charge in [0, 0.05) is 23.3 Å². The zero-order valence-corrected chi connectivity index (χ0v) is 11.8. The van der Waals surface area contributed by atoms with Crippen LogP contribution in [0.1, 0.15) is 24.1 Å². The summed E-state index contributed by atoms with van der Waals surface area (Å²) < 4.78 is 14.1. The molecule has 3 aromatic rings. The lowest BCUT2D eigenvalue weighted by molar-refractivity contribution is 0.556. The van der Waals surface area contributed by atoms with Crippen molar-refractivity contribution in [1.82, 2.24) is 15.3 Å². The lowest BCUT2D eigenvalue weighted by atomic mass is 9.96. The molecule has 0 radical (unpaired) electrons. The predicted octanol–water partition coefficient (Wildman–Crippen LogP) is 3.47. The maximum Gasteiger partial charge on any atom is 0.146 e. The molecule has 3 rings (SSSR count). The van der Waals surface area contributed by atoms with Crippen molar-refractivity contribution in [2.24, 2.45) is 0 Å². The van der Waals surface area contributed by atoms with Crippen LogP contribution in [-0.2, 0) is 0 Å². The zero-order valence-electron chi connectivity index (χ0n) is 11.8. The molecule has 2 aromatic heterocycles. The number of fused-ring (bicyclic) bond motifs is 1. The van der Waals surface area contributed by atoms with Gasteiger partial charge in [0.1, 0.15) is 5.82 Å². The van der Waals surface area contributed by atoms with Gasteiger partial charge in [-0.15, -0.1) is 0 Å². The second-order valence-electron chi connectivity index (χ2n) is 4.81. The van der Waals surface area contributed by atoms with Gasteiger partial charge in [-0.25, -0.2) is 4.39 Å². The molecular weight excluding hydrogens is 265 g/mol. The van der Waals surface area contributed by atoms with Gasteiger partial charge in [0.15, 0.2) is 0 Å². The van der Waals surface area contributed by atoms with Crippen LogP contribution in [-0.4, -0.2) is 16.5 Å². The Morgan fingerprint density at radius 2 is 1.90 bits per heavy atom. The van der Waals surface area contributed by atoms with Crippen LogP contribution in [0, 0.1) is 5.82 Å². The van der Waals surface area contributed by atoms with E-state index in [9.17, 15) is 4.39 Å². The summed E-state index contributed by atoms with van der Waals surface area (Å²) in [6.07, 6.45) is 4.64. The van der Waals surface area contributed by atoms with E-state index < -0.39 is 0 Å². The summed E-state index contributed by atoms with van der Waals surface area (Å²) in [6, 6.07) is 11.3. The summed E-state index contributed by atoms with van der Waals surface area (Å²) in [4.78, 5) is 8.19. The van der Waals surface area contributed by atoms with E-state index in [1.54, 1.807) is 18.5 Å². The second kappa shape index (κ2) is 5.97. The highest BCUT2D eigenvalue weighted by Crippen LogP contribution is 2.29. The van der Waals surface area contributed by atoms with Crippen LogP contribution in [0.25, 0.3) is 10.9 Å². The van der Waals surface area contributed by atoms with Crippen molar-refractivity contribution in [2.45, 2.75) is 13.0 Å². The van der Waals surface area contributed by atoms with Crippen LogP contribution in [0.3, 0.4) is 0 Å². The molecule has 0 amide bonds. The van der Waals surface area contributed by atoms with Crippen molar-refractivity contribution in [3.8, 4) is 0 Å². The van der Waals surface area contributed by atoms with E-state index in [0.717, 1.165) is 23.0 Å². The molecule has 1 atom stereocenters. The van der Waals surface area contributed by atoms with E-state index in [1.807, 2.05) is 37.3 Å². The number of halogens is 1. The number of para-hydroxylation sites is 1. The predicted molar refractivity (Wildman–Crippen MR) is 81.5 cm³/mol. The van der Waals surface area contributed by atoms with Crippen LogP contribution in [0.15, 0.2) is 55.0 Å². The van der Waals surface area contributed by atoms with Gasteiger partial charge >= 0.3 is 0 Å². The average Bonchev–Trinajstić information content (AvgIpc) is 2.53. The SMILES string of the molecule is CCNC(c1ccncc1F)c1ccnc2ccccc12. The maximum absolute atomic E-state index is 14.1. The molecule has 106 valence electrons. The summed E-state index contributed by atoms with van der Waals surface area (Å²) in [5, 5.41) is 4.38. The van der Waals surface area contributed by atoms with Crippen LogP contribution >= 0.6 is 0 Å². The van der Waals surface area contributed by atoms with Gasteiger partial charge in [-0.3, -0.25) is 9.97 Å². The molecule has 3 nitrogen and oxygen atoms in total. The maximum atomic E-state index is 14.1. The van der Waals surface area contributed by atoms with Gasteiger partial charge in [0.05, 0.1) is 17.8 Å². The fourth-order valence-corrected chi connectivity index (χ4v) is 2.58. The molecule has 21 heavy (non-hydrogen) atoms. The number of nitrogens with one attached hydrogen (secondary N) is 1. The summed E-state index contributed by atoms with van der Waals surface area (Å²) in [6.45, 7) is 2.75. The first kappa shape index (κ1) is 13.6. The quantitative estimate of drug-likeness (QED) is 0.795. The third-order valence-corrected chi connectivity index (χ3v) is 3.52. The highest BCUT2D eigenvalue weighted by Gasteiger charge is 2.19. The van der Waals surface area contributed by atoms with Gasteiger partial charge in [-0.2, -0.15) is 0 Å². The van der Waals surface area contributed by atoms with E-state index >= 15 is 0 Å². The number of nitrogens with zero attached hydrogens (tertiary/aromatic N) is 2. The highest BCUT2D eigenvalue weighted by atomic mass is 19.1. The van der Waals surface area contributed by atoms with E-state index in [4.69, 9.17) is 0 Å². The molecule has 0 saturated carbocycles. The fourth-order valence-electron chi connectivity index (χ4n) is 2.58. The molecule has 0 fully saturated rings. The van der Waals surface area contributed by atoms with Crippen molar-refractivity contribution >= 4 is 10.9 Å². The second-order valence-corrected chi connectivity index (χ2v) is 4.81. The Balaban J connectivity index is 2.19. The van der Waals surface area contributed by atoms with Crippen molar-refractivity contribution < 1.29 is 4.39 Å². The van der Waals surface area contributed by atoms with Crippen molar-refractivity contribution in [3.63, 3.8) is 0 Å². The van der Waals surface area contributed by atoms with Crippen molar-refractivity contribution in [2.75, 3.05) is 6.54 Å². The highest BCUT2D eigenvalue weighted by molar-refractivity contribution is 5.82. The van der Waals surface area contributed by atoms with Crippen molar-refractivity contribution in [1.29, 1.82) is 0 Å². The molecule has 0 spiro atoms. The van der Waals surface area contributed by atoms with E-state index in [0.29, 0.717) is 5.56 Å². The average molecular weight is 281 g/mol. The molecule has 1 unspecified atom stereocenters. The third-order valence-electron chi connectivity index (χ3n) is 3.52. The zero-order chi connectivity index (χ0) is 14.7. The Morgan fingerprint density at radius 3 is 2.71 bits per heavy atom. The Labute approximate surface area is 122 Å². The molecule has 0 aliphatic carbocycles. The molecular formula is C17H16FN3. The number of hydrogen-bond donors (Lipinski definition) is 1. The minimum atomic E-state index is -0.302. The van der Waals surface area contributed by atoms with Gasteiger partial charge in [0.2, 0.25) is 0 Å². The molecule has 2 heterocycles. The summed E-state index contributed by atoms with van der Waals surface area (Å²) in [5.41, 5.74) is 2.53. The molecule has 0 aliphatic heterocycles. The lowest BCUT2D eigenvalue weighted by Gasteiger charge is -2.20. The van der Waals surface area contributed by atoms with Gasteiger partial charge in [0.25, 0.3) is 0 Å². The number of rotatable bonds is 4. The molecule has 0 bridgehead atoms. The normalized spacial score (nSPS) is 12.5. The lowest BCUT2D eigenvalue weighted by Crippen LogP contribution is -2.23. The van der Waals surface area contributed by atoms with Gasteiger partial charge < -0.3 is 5.32 Å². The number of pyridine rings is 2. The van der Waals surface area contributed by atoms with Crippen LogP contribution in [0.4, 0.5) is 4.39 Å². The van der Waals surface area contributed by atoms with E-state index in [-0.39, 0.29) is 11.9 Å². The molecule has 1 aromatic carbocycles. The van der Waals surface area contributed by atoms with Crippen LogP contribution < -0.4 is 5.32 Å².